The summed E-state index contributed by atoms with van der Waals surface area (Å²) in [6.45, 7) is 1.69. The van der Waals surface area contributed by atoms with Crippen molar-refractivity contribution in [3.63, 3.8) is 0 Å². The van der Waals surface area contributed by atoms with Crippen LogP contribution < -0.4 is 10.6 Å². The van der Waals surface area contributed by atoms with E-state index in [0.29, 0.717) is 11.6 Å². The van der Waals surface area contributed by atoms with E-state index in [1.54, 1.807) is 12.3 Å². The van der Waals surface area contributed by atoms with Crippen molar-refractivity contribution in [1.82, 2.24) is 9.97 Å². The predicted octanol–water partition coefficient (Wildman–Crippen LogP) is 0.276. The zero-order chi connectivity index (χ0) is 10.7. The molecule has 0 bridgehead atoms. The van der Waals surface area contributed by atoms with Crippen LogP contribution in [-0.4, -0.2) is 29.1 Å². The lowest BCUT2D eigenvalue weighted by molar-refractivity contribution is 0.499. The molecule has 1 aliphatic rings. The molecule has 5 nitrogen and oxygen atoms in total. The molecule has 1 aromatic heterocycles. The maximum Gasteiger partial charge on any atom is 0.226 e. The lowest BCUT2D eigenvalue weighted by Crippen LogP contribution is -2.43. The van der Waals surface area contributed by atoms with Crippen LogP contribution in [0.3, 0.4) is 0 Å². The molecule has 0 amide bonds. The van der Waals surface area contributed by atoms with Gasteiger partial charge in [-0.25, -0.2) is 9.97 Å². The zero-order valence-electron chi connectivity index (χ0n) is 8.43. The first-order chi connectivity index (χ1) is 7.29. The van der Waals surface area contributed by atoms with Crippen molar-refractivity contribution in [2.45, 2.75) is 18.9 Å². The highest BCUT2D eigenvalue weighted by atomic mass is 15.3. The number of nitrogens with zero attached hydrogens (tertiary/aromatic N) is 4. The fraction of sp³-hybridized carbons (Fsp3) is 0.500. The summed E-state index contributed by atoms with van der Waals surface area (Å²) in [5, 5.41) is 8.73. The highest BCUT2D eigenvalue weighted by Gasteiger charge is 2.18. The Balaban J connectivity index is 2.18. The average molecular weight is 203 g/mol. The quantitative estimate of drug-likeness (QED) is 0.709. The molecule has 0 saturated carbocycles. The number of nitrogens with two attached hydrogens (primary N) is 1. The second-order valence-electron chi connectivity index (χ2n) is 3.70. The SMILES string of the molecule is N#Cc1ccnc(N2CCC[C@@H](N)C2)n1. The van der Waals surface area contributed by atoms with Crippen molar-refractivity contribution >= 4 is 5.95 Å². The van der Waals surface area contributed by atoms with E-state index in [9.17, 15) is 0 Å². The molecule has 78 valence electrons. The number of hydrogen-bond acceptors (Lipinski definition) is 5. The molecule has 2 rings (SSSR count). The molecule has 0 aromatic carbocycles. The Hall–Kier alpha value is -1.67. The molecule has 5 heteroatoms. The van der Waals surface area contributed by atoms with Gasteiger partial charge in [0.05, 0.1) is 0 Å². The van der Waals surface area contributed by atoms with Gasteiger partial charge in [0.2, 0.25) is 5.95 Å². The highest BCUT2D eigenvalue weighted by Crippen LogP contribution is 2.14. The number of rotatable bonds is 1. The number of hydrogen-bond donors (Lipinski definition) is 1. The number of aromatic nitrogens is 2. The summed E-state index contributed by atoms with van der Waals surface area (Å²) in [5.41, 5.74) is 6.27. The van der Waals surface area contributed by atoms with E-state index in [2.05, 4.69) is 9.97 Å². The zero-order valence-corrected chi connectivity index (χ0v) is 8.43. The molecule has 0 radical (unpaired) electrons. The maximum absolute atomic E-state index is 8.73. The van der Waals surface area contributed by atoms with Gasteiger partial charge in [0, 0.05) is 25.3 Å². The van der Waals surface area contributed by atoms with Crippen LogP contribution in [0, 0.1) is 11.3 Å². The first-order valence-electron chi connectivity index (χ1n) is 5.03. The van der Waals surface area contributed by atoms with Gasteiger partial charge >= 0.3 is 0 Å². The Morgan fingerprint density at radius 2 is 2.47 bits per heavy atom. The Bertz CT molecular complexity index is 384. The van der Waals surface area contributed by atoms with Gasteiger partial charge in [0.1, 0.15) is 11.8 Å². The van der Waals surface area contributed by atoms with Crippen molar-refractivity contribution in [2.24, 2.45) is 5.73 Å². The van der Waals surface area contributed by atoms with Crippen LogP contribution in [-0.2, 0) is 0 Å². The minimum Gasteiger partial charge on any atom is -0.339 e. The molecule has 1 atom stereocenters. The third kappa shape index (κ3) is 2.22. The second kappa shape index (κ2) is 4.24. The van der Waals surface area contributed by atoms with Gasteiger partial charge in [-0.05, 0) is 18.9 Å². The van der Waals surface area contributed by atoms with Crippen molar-refractivity contribution in [3.8, 4) is 6.07 Å². The lowest BCUT2D eigenvalue weighted by atomic mass is 10.1. The molecule has 1 aliphatic heterocycles. The van der Waals surface area contributed by atoms with E-state index in [4.69, 9.17) is 11.0 Å². The van der Waals surface area contributed by atoms with Crippen LogP contribution >= 0.6 is 0 Å². The third-order valence-corrected chi connectivity index (χ3v) is 2.50. The van der Waals surface area contributed by atoms with Gasteiger partial charge in [-0.2, -0.15) is 5.26 Å². The molecule has 1 saturated heterocycles. The molecule has 0 spiro atoms. The fourth-order valence-corrected chi connectivity index (χ4v) is 1.75. The summed E-state index contributed by atoms with van der Waals surface area (Å²) in [6, 6.07) is 3.80. The van der Waals surface area contributed by atoms with Gasteiger partial charge in [0.25, 0.3) is 0 Å². The Morgan fingerprint density at radius 1 is 1.60 bits per heavy atom. The largest absolute Gasteiger partial charge is 0.339 e. The molecule has 0 unspecified atom stereocenters. The average Bonchev–Trinajstić information content (AvgIpc) is 2.29. The van der Waals surface area contributed by atoms with Crippen molar-refractivity contribution < 1.29 is 0 Å². The normalized spacial score (nSPS) is 21.1. The van der Waals surface area contributed by atoms with Gasteiger partial charge < -0.3 is 10.6 Å². The summed E-state index contributed by atoms with van der Waals surface area (Å²) >= 11 is 0. The maximum atomic E-state index is 8.73. The van der Waals surface area contributed by atoms with Crippen LogP contribution in [0.4, 0.5) is 5.95 Å². The molecule has 1 aromatic rings. The van der Waals surface area contributed by atoms with E-state index in [0.717, 1.165) is 25.9 Å². The van der Waals surface area contributed by atoms with Gasteiger partial charge in [-0.1, -0.05) is 0 Å². The summed E-state index contributed by atoms with van der Waals surface area (Å²) in [7, 11) is 0. The topological polar surface area (TPSA) is 78.8 Å². The molecular formula is C10H13N5. The minimum absolute atomic E-state index is 0.188. The summed E-state index contributed by atoms with van der Waals surface area (Å²) in [5.74, 6) is 0.615. The molecule has 0 aliphatic carbocycles. The van der Waals surface area contributed by atoms with Crippen LogP contribution in [0.5, 0.6) is 0 Å². The molecular weight excluding hydrogens is 190 g/mol. The monoisotopic (exact) mass is 203 g/mol. The molecule has 2 N–H and O–H groups in total. The van der Waals surface area contributed by atoms with E-state index >= 15 is 0 Å². The fourth-order valence-electron chi connectivity index (χ4n) is 1.75. The van der Waals surface area contributed by atoms with Crippen molar-refractivity contribution in [1.29, 1.82) is 5.26 Å². The van der Waals surface area contributed by atoms with Crippen LogP contribution in [0.25, 0.3) is 0 Å². The minimum atomic E-state index is 0.188. The van der Waals surface area contributed by atoms with Crippen molar-refractivity contribution in [3.05, 3.63) is 18.0 Å². The number of piperidine rings is 1. The Kier molecular flexibility index (Phi) is 2.79. The lowest BCUT2D eigenvalue weighted by Gasteiger charge is -2.30. The van der Waals surface area contributed by atoms with Gasteiger partial charge in [0.15, 0.2) is 0 Å². The van der Waals surface area contributed by atoms with Crippen LogP contribution in [0.1, 0.15) is 18.5 Å². The standard InChI is InChI=1S/C10H13N5/c11-6-9-3-4-13-10(14-9)15-5-1-2-8(12)7-15/h3-4,8H,1-2,5,7,12H2/t8-/m1/s1. The Labute approximate surface area is 88.5 Å². The first kappa shape index (κ1) is 9.87. The summed E-state index contributed by atoms with van der Waals surface area (Å²) in [6.07, 6.45) is 3.72. The van der Waals surface area contributed by atoms with Crippen molar-refractivity contribution in [2.75, 3.05) is 18.0 Å². The van der Waals surface area contributed by atoms with E-state index in [-0.39, 0.29) is 6.04 Å². The highest BCUT2D eigenvalue weighted by molar-refractivity contribution is 5.34. The third-order valence-electron chi connectivity index (χ3n) is 2.50. The molecule has 15 heavy (non-hydrogen) atoms. The van der Waals surface area contributed by atoms with E-state index in [1.807, 2.05) is 11.0 Å². The van der Waals surface area contributed by atoms with Gasteiger partial charge in [-0.15, -0.1) is 0 Å². The Morgan fingerprint density at radius 3 is 3.20 bits per heavy atom. The van der Waals surface area contributed by atoms with Gasteiger partial charge in [-0.3, -0.25) is 0 Å². The number of anilines is 1. The summed E-state index contributed by atoms with van der Waals surface area (Å²) in [4.78, 5) is 10.3. The predicted molar refractivity (Wildman–Crippen MR) is 56.2 cm³/mol. The van der Waals surface area contributed by atoms with Crippen LogP contribution in [0.2, 0.25) is 0 Å². The molecule has 1 fully saturated rings. The summed E-state index contributed by atoms with van der Waals surface area (Å²) < 4.78 is 0. The van der Waals surface area contributed by atoms with E-state index < -0.39 is 0 Å². The number of nitriles is 1. The van der Waals surface area contributed by atoms with E-state index in [1.165, 1.54) is 0 Å². The first-order valence-corrected chi connectivity index (χ1v) is 5.03. The smallest absolute Gasteiger partial charge is 0.226 e. The van der Waals surface area contributed by atoms with Crippen LogP contribution in [0.15, 0.2) is 12.3 Å². The second-order valence-corrected chi connectivity index (χ2v) is 3.70. The molecule has 2 heterocycles.